The number of tetrazole rings is 1. The van der Waals surface area contributed by atoms with Crippen molar-refractivity contribution in [3.05, 3.63) is 5.82 Å². The molecule has 8 heteroatoms. The first-order valence-electron chi connectivity index (χ1n) is 10.1. The summed E-state index contributed by atoms with van der Waals surface area (Å²) in [4.78, 5) is 16.9. The number of amides is 2. The van der Waals surface area contributed by atoms with Crippen LogP contribution in [-0.4, -0.2) is 69.3 Å². The van der Waals surface area contributed by atoms with Crippen molar-refractivity contribution in [2.75, 3.05) is 27.2 Å². The number of hydrogen-bond donors (Lipinski definition) is 1. The number of nitrogens with one attached hydrogen (secondary N) is 1. The van der Waals surface area contributed by atoms with Crippen LogP contribution in [-0.2, 0) is 5.54 Å². The van der Waals surface area contributed by atoms with E-state index in [1.165, 1.54) is 25.7 Å². The first-order chi connectivity index (χ1) is 12.6. The fourth-order valence-electron chi connectivity index (χ4n) is 4.95. The maximum Gasteiger partial charge on any atom is 0.317 e. The van der Waals surface area contributed by atoms with E-state index >= 15 is 0 Å². The van der Waals surface area contributed by atoms with Crippen LogP contribution in [0.2, 0.25) is 0 Å². The highest BCUT2D eigenvalue weighted by atomic mass is 16.2. The molecule has 0 spiro atoms. The van der Waals surface area contributed by atoms with E-state index in [2.05, 4.69) is 39.8 Å². The molecule has 0 radical (unpaired) electrons. The number of aromatic nitrogens is 4. The molecule has 1 saturated heterocycles. The van der Waals surface area contributed by atoms with Crippen molar-refractivity contribution < 1.29 is 4.79 Å². The molecule has 3 fully saturated rings. The first-order valence-corrected chi connectivity index (χ1v) is 10.1. The topological polar surface area (TPSA) is 79.2 Å². The third kappa shape index (κ3) is 3.08. The number of carbonyl (C=O) groups excluding carboxylic acids is 1. The molecule has 26 heavy (non-hydrogen) atoms. The van der Waals surface area contributed by atoms with Crippen molar-refractivity contribution in [1.29, 1.82) is 0 Å². The Kier molecular flexibility index (Phi) is 4.86. The SMILES string of the molecule is CN(C)C1(c2nnnn2C2CCCC2)CCN(C(=O)NC2CCCC2)C1. The van der Waals surface area contributed by atoms with E-state index < -0.39 is 0 Å². The quantitative estimate of drug-likeness (QED) is 0.886. The maximum absolute atomic E-state index is 12.8. The Bertz CT molecular complexity index is 633. The number of urea groups is 1. The lowest BCUT2D eigenvalue weighted by atomic mass is 9.95. The summed E-state index contributed by atoms with van der Waals surface area (Å²) in [6, 6.07) is 0.819. The van der Waals surface area contributed by atoms with Crippen LogP contribution >= 0.6 is 0 Å². The summed E-state index contributed by atoms with van der Waals surface area (Å²) in [5.41, 5.74) is -0.306. The molecular weight excluding hydrogens is 330 g/mol. The molecule has 4 rings (SSSR count). The standard InChI is InChI=1S/C18H31N7O/c1-23(2)18(16-20-21-22-25(16)15-9-5-6-10-15)11-12-24(13-18)17(26)19-14-7-3-4-8-14/h14-15H,3-13H2,1-2H3,(H,19,26). The average molecular weight is 361 g/mol. The fraction of sp³-hybridized carbons (Fsp3) is 0.889. The molecule has 2 aliphatic carbocycles. The molecule has 2 saturated carbocycles. The minimum absolute atomic E-state index is 0.0699. The smallest absolute Gasteiger partial charge is 0.317 e. The van der Waals surface area contributed by atoms with Crippen LogP contribution in [0.5, 0.6) is 0 Å². The summed E-state index contributed by atoms with van der Waals surface area (Å²) >= 11 is 0. The van der Waals surface area contributed by atoms with Crippen LogP contribution in [0.3, 0.4) is 0 Å². The normalized spacial score (nSPS) is 27.7. The number of nitrogens with zero attached hydrogens (tertiary/aromatic N) is 6. The summed E-state index contributed by atoms with van der Waals surface area (Å²) in [7, 11) is 4.15. The molecule has 3 aliphatic rings. The van der Waals surface area contributed by atoms with Crippen LogP contribution in [0.15, 0.2) is 0 Å². The van der Waals surface area contributed by atoms with E-state index in [1.54, 1.807) is 0 Å². The molecule has 1 unspecified atom stereocenters. The molecule has 2 amide bonds. The number of rotatable bonds is 4. The Labute approximate surface area is 155 Å². The summed E-state index contributed by atoms with van der Waals surface area (Å²) < 4.78 is 2.05. The molecule has 1 aromatic heterocycles. The van der Waals surface area contributed by atoms with Gasteiger partial charge < -0.3 is 10.2 Å². The van der Waals surface area contributed by atoms with E-state index in [9.17, 15) is 4.79 Å². The Hall–Kier alpha value is -1.70. The van der Waals surface area contributed by atoms with Gasteiger partial charge in [-0.05, 0) is 56.6 Å². The van der Waals surface area contributed by atoms with E-state index in [0.29, 0.717) is 18.6 Å². The van der Waals surface area contributed by atoms with Crippen molar-refractivity contribution in [2.24, 2.45) is 0 Å². The van der Waals surface area contributed by atoms with Gasteiger partial charge >= 0.3 is 6.03 Å². The number of hydrogen-bond acceptors (Lipinski definition) is 5. The van der Waals surface area contributed by atoms with Gasteiger partial charge in [0.1, 0.15) is 5.54 Å². The van der Waals surface area contributed by atoms with Gasteiger partial charge in [-0.2, -0.15) is 0 Å². The molecule has 1 aliphatic heterocycles. The average Bonchev–Trinajstić information content (AvgIpc) is 3.39. The predicted octanol–water partition coefficient (Wildman–Crippen LogP) is 1.90. The zero-order chi connectivity index (χ0) is 18.1. The Morgan fingerprint density at radius 1 is 1.15 bits per heavy atom. The maximum atomic E-state index is 12.8. The third-order valence-electron chi connectivity index (χ3n) is 6.65. The molecular formula is C18H31N7O. The summed E-state index contributed by atoms with van der Waals surface area (Å²) in [5, 5.41) is 16.0. The second-order valence-electron chi connectivity index (χ2n) is 8.41. The predicted molar refractivity (Wildman–Crippen MR) is 97.7 cm³/mol. The fourth-order valence-corrected chi connectivity index (χ4v) is 4.95. The lowest BCUT2D eigenvalue weighted by Gasteiger charge is -2.35. The van der Waals surface area contributed by atoms with Gasteiger partial charge in [0.15, 0.2) is 5.82 Å². The highest BCUT2D eigenvalue weighted by Gasteiger charge is 2.48. The van der Waals surface area contributed by atoms with Gasteiger partial charge in [0, 0.05) is 19.1 Å². The zero-order valence-corrected chi connectivity index (χ0v) is 16.0. The van der Waals surface area contributed by atoms with Crippen molar-refractivity contribution in [2.45, 2.75) is 75.4 Å². The summed E-state index contributed by atoms with van der Waals surface area (Å²) in [6.07, 6.45) is 10.3. The van der Waals surface area contributed by atoms with Gasteiger partial charge in [-0.3, -0.25) is 4.90 Å². The minimum Gasteiger partial charge on any atom is -0.335 e. The molecule has 0 aromatic carbocycles. The molecule has 0 bridgehead atoms. The third-order valence-corrected chi connectivity index (χ3v) is 6.65. The lowest BCUT2D eigenvalue weighted by molar-refractivity contribution is 0.134. The van der Waals surface area contributed by atoms with Crippen LogP contribution < -0.4 is 5.32 Å². The summed E-state index contributed by atoms with van der Waals surface area (Å²) in [5.74, 6) is 0.922. The van der Waals surface area contributed by atoms with Gasteiger partial charge in [0.05, 0.1) is 6.04 Å². The molecule has 2 heterocycles. The molecule has 1 atom stereocenters. The number of likely N-dealkylation sites (tertiary alicyclic amines) is 1. The van der Waals surface area contributed by atoms with Gasteiger partial charge in [-0.15, -0.1) is 5.10 Å². The highest BCUT2D eigenvalue weighted by Crippen LogP contribution is 2.38. The van der Waals surface area contributed by atoms with Gasteiger partial charge in [0.25, 0.3) is 0 Å². The van der Waals surface area contributed by atoms with Crippen LogP contribution in [0.1, 0.15) is 69.7 Å². The minimum atomic E-state index is -0.306. The van der Waals surface area contributed by atoms with Crippen molar-refractivity contribution in [3.8, 4) is 0 Å². The Morgan fingerprint density at radius 3 is 2.54 bits per heavy atom. The van der Waals surface area contributed by atoms with Crippen LogP contribution in [0, 0.1) is 0 Å². The molecule has 8 nitrogen and oxygen atoms in total. The van der Waals surface area contributed by atoms with E-state index in [4.69, 9.17) is 0 Å². The second-order valence-corrected chi connectivity index (χ2v) is 8.41. The monoisotopic (exact) mass is 361 g/mol. The Balaban J connectivity index is 1.53. The highest BCUT2D eigenvalue weighted by molar-refractivity contribution is 5.75. The van der Waals surface area contributed by atoms with Crippen molar-refractivity contribution >= 4 is 6.03 Å². The van der Waals surface area contributed by atoms with Gasteiger partial charge in [-0.1, -0.05) is 25.7 Å². The van der Waals surface area contributed by atoms with Gasteiger partial charge in [0.2, 0.25) is 0 Å². The number of carbonyl (C=O) groups is 1. The van der Waals surface area contributed by atoms with E-state index in [-0.39, 0.29) is 11.6 Å². The largest absolute Gasteiger partial charge is 0.335 e. The van der Waals surface area contributed by atoms with Gasteiger partial charge in [-0.25, -0.2) is 9.48 Å². The lowest BCUT2D eigenvalue weighted by Crippen LogP contribution is -2.49. The molecule has 144 valence electrons. The molecule has 1 aromatic rings. The van der Waals surface area contributed by atoms with E-state index in [0.717, 1.165) is 44.5 Å². The summed E-state index contributed by atoms with van der Waals surface area (Å²) in [6.45, 7) is 1.39. The first kappa shape index (κ1) is 17.7. The second kappa shape index (κ2) is 7.13. The van der Waals surface area contributed by atoms with Crippen LogP contribution in [0.25, 0.3) is 0 Å². The van der Waals surface area contributed by atoms with Crippen molar-refractivity contribution in [1.82, 2.24) is 35.3 Å². The number of likely N-dealkylation sites (N-methyl/N-ethyl adjacent to an activating group) is 1. The Morgan fingerprint density at radius 2 is 1.85 bits per heavy atom. The molecule has 1 N–H and O–H groups in total. The van der Waals surface area contributed by atoms with Crippen LogP contribution in [0.4, 0.5) is 4.79 Å². The van der Waals surface area contributed by atoms with Crippen molar-refractivity contribution in [3.63, 3.8) is 0 Å². The zero-order valence-electron chi connectivity index (χ0n) is 16.0. The van der Waals surface area contributed by atoms with E-state index in [1.807, 2.05) is 9.58 Å².